The first-order valence-corrected chi connectivity index (χ1v) is 27.4. The van der Waals surface area contributed by atoms with E-state index in [1.807, 2.05) is 27.2 Å². The van der Waals surface area contributed by atoms with Gasteiger partial charge in [0.2, 0.25) is 0 Å². The number of phosphoric acid groups is 1. The lowest BCUT2D eigenvalue weighted by Crippen LogP contribution is -2.37. The molecule has 0 aromatic heterocycles. The van der Waals surface area contributed by atoms with Gasteiger partial charge in [-0.05, 0) is 109 Å². The molecule has 0 fully saturated rings. The molecule has 9 nitrogen and oxygen atoms in total. The SMILES string of the molecule is CC/C=C\C/C=C\C/C=C\C/C=C\C/C=C\C/C=C\C/C=C\C/C=C\C/C=C\CCCC(=O)OC(COC(=O)CCCCCCC/C=C\C/C=C\CCCCC)COP(=O)(O)OCC[N+](C)(C)C. The van der Waals surface area contributed by atoms with Gasteiger partial charge in [0.1, 0.15) is 19.8 Å². The third-order valence-electron chi connectivity index (χ3n) is 10.2. The van der Waals surface area contributed by atoms with Crippen molar-refractivity contribution in [1.29, 1.82) is 0 Å². The number of hydrogen-bond acceptors (Lipinski definition) is 7. The number of hydrogen-bond donors (Lipinski definition) is 1. The number of carbonyl (C=O) groups excluding carboxylic acids is 2. The van der Waals surface area contributed by atoms with Crippen LogP contribution >= 0.6 is 7.82 Å². The average molecular weight is 965 g/mol. The molecule has 68 heavy (non-hydrogen) atoms. The predicted molar refractivity (Wildman–Crippen MR) is 288 cm³/mol. The Balaban J connectivity index is 4.41. The van der Waals surface area contributed by atoms with E-state index in [2.05, 4.69) is 141 Å². The fourth-order valence-electron chi connectivity index (χ4n) is 6.16. The number of phosphoric ester groups is 1. The van der Waals surface area contributed by atoms with Crippen LogP contribution in [0.3, 0.4) is 0 Å². The second-order valence-corrected chi connectivity index (χ2v) is 19.3. The largest absolute Gasteiger partial charge is 0.472 e. The van der Waals surface area contributed by atoms with E-state index >= 15 is 0 Å². The van der Waals surface area contributed by atoms with E-state index in [1.54, 1.807) is 0 Å². The summed E-state index contributed by atoms with van der Waals surface area (Å²) >= 11 is 0. The van der Waals surface area contributed by atoms with Gasteiger partial charge < -0.3 is 18.9 Å². The van der Waals surface area contributed by atoms with E-state index in [0.29, 0.717) is 30.3 Å². The molecule has 2 atom stereocenters. The maximum Gasteiger partial charge on any atom is 0.472 e. The van der Waals surface area contributed by atoms with Gasteiger partial charge in [-0.25, -0.2) is 4.57 Å². The molecule has 1 N–H and O–H groups in total. The van der Waals surface area contributed by atoms with Crippen molar-refractivity contribution < 1.29 is 42.1 Å². The molecule has 0 saturated heterocycles. The van der Waals surface area contributed by atoms with Crippen molar-refractivity contribution in [3.8, 4) is 0 Å². The number of carbonyl (C=O) groups is 2. The van der Waals surface area contributed by atoms with Gasteiger partial charge in [-0.15, -0.1) is 0 Å². The quantitative estimate of drug-likeness (QED) is 0.0211. The van der Waals surface area contributed by atoms with Crippen molar-refractivity contribution >= 4 is 19.8 Å². The van der Waals surface area contributed by atoms with Gasteiger partial charge in [-0.2, -0.15) is 0 Å². The summed E-state index contributed by atoms with van der Waals surface area (Å²) in [5, 5.41) is 0. The number of esters is 2. The zero-order chi connectivity index (χ0) is 49.9. The highest BCUT2D eigenvalue weighted by molar-refractivity contribution is 7.47. The topological polar surface area (TPSA) is 108 Å². The molecule has 384 valence electrons. The highest BCUT2D eigenvalue weighted by atomic mass is 31.2. The Bertz CT molecular complexity index is 1610. The molecule has 0 aliphatic rings. The highest BCUT2D eigenvalue weighted by Crippen LogP contribution is 2.43. The first-order chi connectivity index (χ1) is 33.0. The number of nitrogens with zero attached hydrogens (tertiary/aromatic N) is 1. The van der Waals surface area contributed by atoms with Gasteiger partial charge in [-0.3, -0.25) is 18.6 Å². The lowest BCUT2D eigenvalue weighted by molar-refractivity contribution is -0.870. The van der Waals surface area contributed by atoms with Crippen LogP contribution in [0.15, 0.2) is 134 Å². The van der Waals surface area contributed by atoms with Crippen molar-refractivity contribution in [3.63, 3.8) is 0 Å². The molecular formula is C58H95NO8P+. The summed E-state index contributed by atoms with van der Waals surface area (Å²) in [5.41, 5.74) is 0. The van der Waals surface area contributed by atoms with Crippen molar-refractivity contribution in [3.05, 3.63) is 134 Å². The van der Waals surface area contributed by atoms with Crippen molar-refractivity contribution in [2.75, 3.05) is 47.5 Å². The van der Waals surface area contributed by atoms with Crippen LogP contribution < -0.4 is 0 Å². The van der Waals surface area contributed by atoms with Crippen molar-refractivity contribution in [1.82, 2.24) is 0 Å². The fourth-order valence-corrected chi connectivity index (χ4v) is 6.90. The Morgan fingerprint density at radius 1 is 0.471 bits per heavy atom. The predicted octanol–water partition coefficient (Wildman–Crippen LogP) is 15.8. The van der Waals surface area contributed by atoms with Crippen LogP contribution in [0, 0.1) is 0 Å². The maximum absolute atomic E-state index is 12.7. The third kappa shape index (κ3) is 51.5. The molecule has 0 aromatic carbocycles. The number of unbranched alkanes of at least 4 members (excludes halogenated alkanes) is 9. The minimum absolute atomic E-state index is 0.0103. The summed E-state index contributed by atoms with van der Waals surface area (Å²) in [6, 6.07) is 0. The Morgan fingerprint density at radius 2 is 0.853 bits per heavy atom. The second-order valence-electron chi connectivity index (χ2n) is 17.8. The monoisotopic (exact) mass is 965 g/mol. The van der Waals surface area contributed by atoms with Crippen LogP contribution in [0.4, 0.5) is 0 Å². The maximum atomic E-state index is 12.7. The molecule has 2 unspecified atom stereocenters. The van der Waals surface area contributed by atoms with Crippen LogP contribution in [0.1, 0.15) is 168 Å². The zero-order valence-electron chi connectivity index (χ0n) is 43.3. The lowest BCUT2D eigenvalue weighted by atomic mass is 10.1. The molecular weight excluding hydrogens is 870 g/mol. The first-order valence-electron chi connectivity index (χ1n) is 25.9. The molecule has 0 spiro atoms. The van der Waals surface area contributed by atoms with E-state index in [9.17, 15) is 19.0 Å². The molecule has 0 aliphatic heterocycles. The van der Waals surface area contributed by atoms with Crippen LogP contribution in [-0.2, 0) is 32.7 Å². The molecule has 0 amide bonds. The number of allylic oxidation sites excluding steroid dienone is 22. The second kappa shape index (κ2) is 48.2. The Morgan fingerprint density at radius 3 is 1.29 bits per heavy atom. The van der Waals surface area contributed by atoms with E-state index < -0.39 is 32.5 Å². The normalized spacial score (nSPS) is 14.5. The Kier molecular flexibility index (Phi) is 45.5. The molecule has 0 aromatic rings. The molecule has 0 aliphatic carbocycles. The van der Waals surface area contributed by atoms with Crippen LogP contribution in [-0.4, -0.2) is 74.9 Å². The van der Waals surface area contributed by atoms with E-state index in [4.69, 9.17) is 18.5 Å². The number of quaternary nitrogens is 1. The van der Waals surface area contributed by atoms with E-state index in [-0.39, 0.29) is 26.1 Å². The smallest absolute Gasteiger partial charge is 0.462 e. The van der Waals surface area contributed by atoms with E-state index in [0.717, 1.165) is 96.3 Å². The molecule has 0 bridgehead atoms. The van der Waals surface area contributed by atoms with Crippen LogP contribution in [0.25, 0.3) is 0 Å². The molecule has 0 radical (unpaired) electrons. The van der Waals surface area contributed by atoms with Crippen molar-refractivity contribution in [2.45, 2.75) is 174 Å². The minimum atomic E-state index is -4.41. The van der Waals surface area contributed by atoms with Crippen molar-refractivity contribution in [2.24, 2.45) is 0 Å². The number of ether oxygens (including phenoxy) is 2. The Hall–Kier alpha value is -3.85. The fraction of sp³-hybridized carbons (Fsp3) is 0.586. The van der Waals surface area contributed by atoms with Crippen LogP contribution in [0.5, 0.6) is 0 Å². The average Bonchev–Trinajstić information content (AvgIpc) is 3.30. The first kappa shape index (κ1) is 64.2. The van der Waals surface area contributed by atoms with Gasteiger partial charge in [-0.1, -0.05) is 180 Å². The molecule has 0 heterocycles. The standard InChI is InChI=1S/C58H94NO8P/c1-6-8-10-12-14-16-18-20-22-23-24-25-26-27-28-29-30-31-32-33-34-35-37-39-41-43-45-47-49-51-58(61)67-56(55-66-68(62,63)65-53-52-59(3,4)5)54-64-57(60)50-48-46-44-42-40-38-36-21-19-17-15-13-11-9-7-2/h8,10,14-17,20-22,24-25,27-28,30-31,33-34,36-37,39,43,45,56H,6-7,9,11-13,18-19,23,26,29,32,35,38,40-42,44,46-55H2,1-5H3/p+1/b10-8-,16-14-,17-15-,22-20-,25-24-,28-27-,31-30-,34-33-,36-21-,39-37-,45-43-. The summed E-state index contributed by atoms with van der Waals surface area (Å²) in [4.78, 5) is 35.5. The van der Waals surface area contributed by atoms with Crippen LogP contribution in [0.2, 0.25) is 0 Å². The summed E-state index contributed by atoms with van der Waals surface area (Å²) in [5.74, 6) is -0.898. The summed E-state index contributed by atoms with van der Waals surface area (Å²) in [6.45, 7) is 4.17. The van der Waals surface area contributed by atoms with Gasteiger partial charge in [0, 0.05) is 12.8 Å². The summed E-state index contributed by atoms with van der Waals surface area (Å²) in [6.07, 6.45) is 69.5. The van der Waals surface area contributed by atoms with Gasteiger partial charge in [0.15, 0.2) is 6.10 Å². The summed E-state index contributed by atoms with van der Waals surface area (Å²) < 4.78 is 34.3. The Labute approximate surface area is 415 Å². The highest BCUT2D eigenvalue weighted by Gasteiger charge is 2.27. The molecule has 10 heteroatoms. The minimum Gasteiger partial charge on any atom is -0.462 e. The number of rotatable bonds is 45. The van der Waals surface area contributed by atoms with Gasteiger partial charge in [0.25, 0.3) is 0 Å². The van der Waals surface area contributed by atoms with Gasteiger partial charge in [0.05, 0.1) is 27.7 Å². The third-order valence-corrected chi connectivity index (χ3v) is 11.1. The molecule has 0 rings (SSSR count). The number of likely N-dealkylation sites (N-methyl/N-ethyl adjacent to an activating group) is 1. The van der Waals surface area contributed by atoms with E-state index in [1.165, 1.54) is 25.7 Å². The summed E-state index contributed by atoms with van der Waals surface area (Å²) in [7, 11) is 1.41. The zero-order valence-corrected chi connectivity index (χ0v) is 44.2. The van der Waals surface area contributed by atoms with Gasteiger partial charge >= 0.3 is 19.8 Å². The molecule has 0 saturated carbocycles. The lowest BCUT2D eigenvalue weighted by Gasteiger charge is -2.24.